The molecule has 3 fully saturated rings. The molecule has 3 aliphatic rings. The van der Waals surface area contributed by atoms with E-state index in [2.05, 4.69) is 4.98 Å². The summed E-state index contributed by atoms with van der Waals surface area (Å²) in [7, 11) is 0. The molecule has 1 aliphatic carbocycles. The number of aromatic nitrogens is 2. The Morgan fingerprint density at radius 2 is 2.04 bits per heavy atom. The van der Waals surface area contributed by atoms with Crippen molar-refractivity contribution in [2.24, 2.45) is 0 Å². The fourth-order valence-corrected chi connectivity index (χ4v) is 4.56. The Morgan fingerprint density at radius 3 is 2.64 bits per heavy atom. The molecule has 1 saturated carbocycles. The van der Waals surface area contributed by atoms with E-state index < -0.39 is 47.2 Å². The number of nitrogens with one attached hydrogen (secondary N) is 1. The van der Waals surface area contributed by atoms with Crippen LogP contribution in [0.25, 0.3) is 0 Å². The molecule has 1 spiro atoms. The zero-order chi connectivity index (χ0) is 17.9. The lowest BCUT2D eigenvalue weighted by atomic mass is 9.86. The van der Waals surface area contributed by atoms with Gasteiger partial charge in [0.05, 0.1) is 0 Å². The third-order valence-corrected chi connectivity index (χ3v) is 5.87. The fourth-order valence-electron chi connectivity index (χ4n) is 4.56. The molecular weight excluding hydrogens is 331 g/mol. The van der Waals surface area contributed by atoms with Gasteiger partial charge in [0, 0.05) is 25.1 Å². The first kappa shape index (κ1) is 16.9. The van der Waals surface area contributed by atoms with E-state index in [1.54, 1.807) is 6.92 Å². The van der Waals surface area contributed by atoms with E-state index >= 15 is 0 Å². The van der Waals surface area contributed by atoms with Crippen LogP contribution >= 0.6 is 0 Å². The van der Waals surface area contributed by atoms with Crippen LogP contribution in [-0.2, 0) is 14.2 Å². The zero-order valence-corrected chi connectivity index (χ0v) is 14.4. The number of rotatable bonds is 3. The van der Waals surface area contributed by atoms with Crippen molar-refractivity contribution in [3.8, 4) is 0 Å². The molecule has 0 unspecified atom stereocenters. The summed E-state index contributed by atoms with van der Waals surface area (Å²) in [5.41, 5.74) is -3.31. The van der Waals surface area contributed by atoms with Gasteiger partial charge in [-0.3, -0.25) is 14.3 Å². The summed E-state index contributed by atoms with van der Waals surface area (Å²) >= 11 is 0. The van der Waals surface area contributed by atoms with E-state index in [9.17, 15) is 14.0 Å². The van der Waals surface area contributed by atoms with E-state index in [0.29, 0.717) is 6.42 Å². The number of alkyl halides is 1. The second kappa shape index (κ2) is 5.49. The van der Waals surface area contributed by atoms with E-state index in [4.69, 9.17) is 14.2 Å². The average Bonchev–Trinajstić information content (AvgIpc) is 3.21. The molecule has 138 valence electrons. The van der Waals surface area contributed by atoms with Crippen molar-refractivity contribution in [2.75, 3.05) is 6.67 Å². The lowest BCUT2D eigenvalue weighted by molar-refractivity contribution is -0.249. The minimum Gasteiger partial charge on any atom is -0.343 e. The molecule has 7 nitrogen and oxygen atoms in total. The van der Waals surface area contributed by atoms with Crippen LogP contribution in [0, 0.1) is 0 Å². The Hall–Kier alpha value is -1.51. The molecule has 2 aliphatic heterocycles. The van der Waals surface area contributed by atoms with E-state index in [1.807, 2.05) is 6.92 Å². The molecule has 4 rings (SSSR count). The Kier molecular flexibility index (Phi) is 3.72. The summed E-state index contributed by atoms with van der Waals surface area (Å²) in [4.78, 5) is 25.9. The van der Waals surface area contributed by atoms with Crippen molar-refractivity contribution < 1.29 is 18.6 Å². The highest BCUT2D eigenvalue weighted by Gasteiger charge is 2.71. The molecule has 2 saturated heterocycles. The second-order valence-corrected chi connectivity index (χ2v) is 7.44. The summed E-state index contributed by atoms with van der Waals surface area (Å²) < 4.78 is 34.0. The van der Waals surface area contributed by atoms with Crippen molar-refractivity contribution in [3.05, 3.63) is 33.1 Å². The molecule has 25 heavy (non-hydrogen) atoms. The molecule has 4 atom stereocenters. The van der Waals surface area contributed by atoms with Crippen LogP contribution in [0.15, 0.2) is 21.9 Å². The highest BCUT2D eigenvalue weighted by Crippen LogP contribution is 2.58. The predicted molar refractivity (Wildman–Crippen MR) is 86.0 cm³/mol. The highest BCUT2D eigenvalue weighted by atomic mass is 19.1. The highest BCUT2D eigenvalue weighted by molar-refractivity contribution is 5.14. The molecule has 0 bridgehead atoms. The van der Waals surface area contributed by atoms with Crippen molar-refractivity contribution in [1.29, 1.82) is 0 Å². The van der Waals surface area contributed by atoms with Crippen molar-refractivity contribution in [2.45, 2.75) is 75.3 Å². The number of nitrogens with zero attached hydrogens (tertiary/aromatic N) is 1. The van der Waals surface area contributed by atoms with E-state index in [-0.39, 0.29) is 0 Å². The lowest BCUT2D eigenvalue weighted by Gasteiger charge is -2.33. The van der Waals surface area contributed by atoms with Gasteiger partial charge in [-0.15, -0.1) is 0 Å². The average molecular weight is 354 g/mol. The Labute approximate surface area is 144 Å². The molecule has 8 heteroatoms. The number of ether oxygens (including phenoxy) is 3. The molecule has 1 aromatic heterocycles. The number of halogens is 1. The number of aromatic amines is 1. The summed E-state index contributed by atoms with van der Waals surface area (Å²) in [5.74, 6) is -0.733. The van der Waals surface area contributed by atoms with E-state index in [1.165, 1.54) is 16.8 Å². The van der Waals surface area contributed by atoms with Crippen LogP contribution in [0.3, 0.4) is 0 Å². The maximum absolute atomic E-state index is 14.1. The summed E-state index contributed by atoms with van der Waals surface area (Å²) in [6, 6.07) is 1.24. The van der Waals surface area contributed by atoms with Crippen molar-refractivity contribution in [3.63, 3.8) is 0 Å². The zero-order valence-electron chi connectivity index (χ0n) is 14.4. The van der Waals surface area contributed by atoms with E-state index in [0.717, 1.165) is 25.7 Å². The Morgan fingerprint density at radius 1 is 1.32 bits per heavy atom. The van der Waals surface area contributed by atoms with Gasteiger partial charge in [-0.25, -0.2) is 9.18 Å². The predicted octanol–water partition coefficient (Wildman–Crippen LogP) is 1.63. The van der Waals surface area contributed by atoms with Gasteiger partial charge in [-0.1, -0.05) is 6.92 Å². The summed E-state index contributed by atoms with van der Waals surface area (Å²) in [6.45, 7) is 2.90. The van der Waals surface area contributed by atoms with Gasteiger partial charge >= 0.3 is 5.69 Å². The number of fused-ring (bicyclic) bond motifs is 1. The van der Waals surface area contributed by atoms with Crippen molar-refractivity contribution in [1.82, 2.24) is 9.55 Å². The molecule has 1 N–H and O–H groups in total. The molecule has 0 amide bonds. The monoisotopic (exact) mass is 354 g/mol. The van der Waals surface area contributed by atoms with Crippen LogP contribution in [0.2, 0.25) is 0 Å². The van der Waals surface area contributed by atoms with Crippen molar-refractivity contribution >= 4 is 0 Å². The smallest absolute Gasteiger partial charge is 0.330 e. The maximum atomic E-state index is 14.1. The lowest BCUT2D eigenvalue weighted by Crippen LogP contribution is -2.49. The third kappa shape index (κ3) is 2.27. The van der Waals surface area contributed by atoms with Gasteiger partial charge in [0.2, 0.25) is 0 Å². The third-order valence-electron chi connectivity index (χ3n) is 5.87. The van der Waals surface area contributed by atoms with Crippen LogP contribution in [0.4, 0.5) is 4.39 Å². The quantitative estimate of drug-likeness (QED) is 0.892. The summed E-state index contributed by atoms with van der Waals surface area (Å²) in [5, 5.41) is 0. The molecule has 0 radical (unpaired) electrons. The van der Waals surface area contributed by atoms with Crippen LogP contribution in [0.1, 0.15) is 52.2 Å². The van der Waals surface area contributed by atoms with Gasteiger partial charge in [0.1, 0.15) is 24.0 Å². The minimum absolute atomic E-state index is 0.387. The standard InChI is InChI=1S/C17H23FN2O5/c1-3-16(10-18)12-15(2,25-17(23-12)7-4-5-8-17)13(24-16)20-9-6-11(21)19-14(20)22/h6,9,12-13H,3-5,7-8,10H2,1-2H3,(H,19,21,22)/t12-,13+,15+,16-/m0/s1. The van der Waals surface area contributed by atoms with Crippen LogP contribution < -0.4 is 11.2 Å². The number of hydrogen-bond donors (Lipinski definition) is 1. The largest absolute Gasteiger partial charge is 0.343 e. The maximum Gasteiger partial charge on any atom is 0.330 e. The van der Waals surface area contributed by atoms with Gasteiger partial charge < -0.3 is 14.2 Å². The fraction of sp³-hybridized carbons (Fsp3) is 0.765. The first-order valence-electron chi connectivity index (χ1n) is 8.81. The number of hydrogen-bond acceptors (Lipinski definition) is 5. The van der Waals surface area contributed by atoms with Gasteiger partial charge in [-0.05, 0) is 26.2 Å². The Bertz CT molecular complexity index is 780. The molecular formula is C17H23FN2O5. The normalized spacial score (nSPS) is 39.2. The van der Waals surface area contributed by atoms with Gasteiger partial charge in [-0.2, -0.15) is 0 Å². The topological polar surface area (TPSA) is 82.6 Å². The van der Waals surface area contributed by atoms with Crippen LogP contribution in [-0.4, -0.2) is 39.3 Å². The second-order valence-electron chi connectivity index (χ2n) is 7.44. The van der Waals surface area contributed by atoms with Gasteiger partial charge in [0.15, 0.2) is 12.0 Å². The van der Waals surface area contributed by atoms with Crippen LogP contribution in [0.5, 0.6) is 0 Å². The first-order chi connectivity index (χ1) is 11.9. The first-order valence-corrected chi connectivity index (χ1v) is 8.81. The molecule has 0 aromatic carbocycles. The SMILES string of the molecule is CC[C@@]1(CF)O[C@@H](n2ccc(=O)[nH]c2=O)[C@]2(C)OC3(CCCC3)O[C@H]12. The minimum atomic E-state index is -1.18. The Balaban J connectivity index is 1.82. The number of H-pyrrole nitrogens is 1. The molecule has 1 aromatic rings. The van der Waals surface area contributed by atoms with Gasteiger partial charge in [0.25, 0.3) is 5.56 Å². The summed E-state index contributed by atoms with van der Waals surface area (Å²) in [6.07, 6.45) is 3.72. The molecule has 3 heterocycles.